The van der Waals surface area contributed by atoms with Crippen molar-refractivity contribution in [2.24, 2.45) is 5.92 Å². The van der Waals surface area contributed by atoms with E-state index in [9.17, 15) is 4.79 Å². The van der Waals surface area contributed by atoms with E-state index in [0.29, 0.717) is 18.1 Å². The van der Waals surface area contributed by atoms with Crippen molar-refractivity contribution < 1.29 is 9.53 Å². The zero-order chi connectivity index (χ0) is 13.7. The molecule has 1 aliphatic rings. The molecule has 0 radical (unpaired) electrons. The van der Waals surface area contributed by atoms with E-state index in [-0.39, 0.29) is 5.78 Å². The summed E-state index contributed by atoms with van der Waals surface area (Å²) in [4.78, 5) is 13.8. The number of likely N-dealkylation sites (tertiary alicyclic amines) is 1. The third-order valence-electron chi connectivity index (χ3n) is 3.54. The van der Waals surface area contributed by atoms with Crippen LogP contribution in [-0.4, -0.2) is 36.9 Å². The molecular formula is C16H23NO2. The molecule has 1 aliphatic heterocycles. The molecule has 1 atom stereocenters. The van der Waals surface area contributed by atoms with Crippen LogP contribution >= 0.6 is 0 Å². The first-order valence-corrected chi connectivity index (χ1v) is 7.11. The molecule has 1 aromatic rings. The summed E-state index contributed by atoms with van der Waals surface area (Å²) in [5.41, 5.74) is 0.713. The Hall–Kier alpha value is -1.35. The molecule has 0 bridgehead atoms. The molecule has 104 valence electrons. The van der Waals surface area contributed by atoms with E-state index in [1.807, 2.05) is 24.3 Å². The lowest BCUT2D eigenvalue weighted by molar-refractivity contribution is 0.101. The number of carbonyl (C=O) groups is 1. The Morgan fingerprint density at radius 3 is 2.79 bits per heavy atom. The summed E-state index contributed by atoms with van der Waals surface area (Å²) in [7, 11) is 0. The number of benzene rings is 1. The Morgan fingerprint density at radius 1 is 1.37 bits per heavy atom. The molecule has 0 saturated carbocycles. The highest BCUT2D eigenvalue weighted by Crippen LogP contribution is 2.16. The number of nitrogens with zero attached hydrogens (tertiary/aromatic N) is 1. The normalized spacial score (nSPS) is 17.4. The highest BCUT2D eigenvalue weighted by molar-refractivity contribution is 5.94. The Labute approximate surface area is 115 Å². The second kappa shape index (κ2) is 6.71. The fourth-order valence-corrected chi connectivity index (χ4v) is 2.50. The van der Waals surface area contributed by atoms with Gasteiger partial charge in [-0.25, -0.2) is 0 Å². The van der Waals surface area contributed by atoms with Gasteiger partial charge in [0.1, 0.15) is 5.75 Å². The van der Waals surface area contributed by atoms with Crippen molar-refractivity contribution in [3.63, 3.8) is 0 Å². The van der Waals surface area contributed by atoms with Crippen LogP contribution in [0.1, 0.15) is 37.0 Å². The average molecular weight is 261 g/mol. The van der Waals surface area contributed by atoms with E-state index in [1.54, 1.807) is 6.92 Å². The summed E-state index contributed by atoms with van der Waals surface area (Å²) >= 11 is 0. The van der Waals surface area contributed by atoms with Crippen LogP contribution in [0.4, 0.5) is 0 Å². The maximum atomic E-state index is 11.3. The Morgan fingerprint density at radius 2 is 2.11 bits per heavy atom. The van der Waals surface area contributed by atoms with E-state index in [0.717, 1.165) is 12.3 Å². The lowest BCUT2D eigenvalue weighted by Gasteiger charge is -2.20. The van der Waals surface area contributed by atoms with Crippen LogP contribution in [0.15, 0.2) is 24.3 Å². The zero-order valence-corrected chi connectivity index (χ0v) is 11.9. The number of carbonyl (C=O) groups excluding carboxylic acids is 1. The van der Waals surface area contributed by atoms with Crippen LogP contribution in [-0.2, 0) is 0 Å². The van der Waals surface area contributed by atoms with E-state index in [2.05, 4.69) is 11.8 Å². The fraction of sp³-hybridized carbons (Fsp3) is 0.562. The number of ether oxygens (including phenoxy) is 1. The monoisotopic (exact) mass is 261 g/mol. The smallest absolute Gasteiger partial charge is 0.159 e. The molecule has 0 amide bonds. The molecule has 0 aliphatic carbocycles. The molecule has 3 heteroatoms. The standard InChI is InChI=1S/C16H23NO2/c1-13(11-17-8-3-4-9-17)12-19-16-7-5-6-15(10-16)14(2)18/h5-7,10,13H,3-4,8-9,11-12H2,1-2H3. The van der Waals surface area contributed by atoms with Gasteiger partial charge >= 0.3 is 0 Å². The molecule has 19 heavy (non-hydrogen) atoms. The van der Waals surface area contributed by atoms with Gasteiger partial charge in [0, 0.05) is 18.0 Å². The summed E-state index contributed by atoms with van der Waals surface area (Å²) < 4.78 is 5.79. The van der Waals surface area contributed by atoms with Crippen LogP contribution in [0, 0.1) is 5.92 Å². The molecule has 1 aromatic carbocycles. The first kappa shape index (κ1) is 14.1. The molecule has 0 N–H and O–H groups in total. The minimum atomic E-state index is 0.0792. The van der Waals surface area contributed by atoms with Crippen molar-refractivity contribution >= 4 is 5.78 Å². The largest absolute Gasteiger partial charge is 0.493 e. The third kappa shape index (κ3) is 4.35. The van der Waals surface area contributed by atoms with Gasteiger partial charge in [-0.15, -0.1) is 0 Å². The summed E-state index contributed by atoms with van der Waals surface area (Å²) in [6, 6.07) is 7.43. The van der Waals surface area contributed by atoms with Gasteiger partial charge in [0.2, 0.25) is 0 Å². The van der Waals surface area contributed by atoms with Crippen molar-refractivity contribution in [1.82, 2.24) is 4.90 Å². The van der Waals surface area contributed by atoms with E-state index < -0.39 is 0 Å². The van der Waals surface area contributed by atoms with Crippen LogP contribution in [0.25, 0.3) is 0 Å². The fourth-order valence-electron chi connectivity index (χ4n) is 2.50. The van der Waals surface area contributed by atoms with Crippen LogP contribution in [0.5, 0.6) is 5.75 Å². The summed E-state index contributed by atoms with van der Waals surface area (Å²) in [6.07, 6.45) is 2.66. The first-order chi connectivity index (χ1) is 9.15. The minimum absolute atomic E-state index is 0.0792. The van der Waals surface area contributed by atoms with Gasteiger partial charge in [-0.2, -0.15) is 0 Å². The molecule has 1 unspecified atom stereocenters. The van der Waals surface area contributed by atoms with Gasteiger partial charge in [0.25, 0.3) is 0 Å². The molecule has 1 saturated heterocycles. The van der Waals surface area contributed by atoms with Crippen LogP contribution < -0.4 is 4.74 Å². The number of hydrogen-bond acceptors (Lipinski definition) is 3. The number of Topliss-reactive ketones (excluding diaryl/α,β-unsaturated/α-hetero) is 1. The molecule has 3 nitrogen and oxygen atoms in total. The number of rotatable bonds is 6. The van der Waals surface area contributed by atoms with E-state index >= 15 is 0 Å². The number of hydrogen-bond donors (Lipinski definition) is 0. The molecular weight excluding hydrogens is 238 g/mol. The lowest BCUT2D eigenvalue weighted by atomic mass is 10.1. The number of ketones is 1. The predicted molar refractivity (Wildman–Crippen MR) is 76.8 cm³/mol. The first-order valence-electron chi connectivity index (χ1n) is 7.11. The molecule has 0 spiro atoms. The summed E-state index contributed by atoms with van der Waals surface area (Å²) in [6.45, 7) is 8.06. The SMILES string of the molecule is CC(=O)c1cccc(OCC(C)CN2CCCC2)c1. The van der Waals surface area contributed by atoms with Gasteiger partial charge in [-0.05, 0) is 45.0 Å². The van der Waals surface area contributed by atoms with Crippen molar-refractivity contribution in [2.75, 3.05) is 26.2 Å². The second-order valence-corrected chi connectivity index (χ2v) is 5.51. The molecule has 0 aromatic heterocycles. The molecule has 1 fully saturated rings. The highest BCUT2D eigenvalue weighted by atomic mass is 16.5. The van der Waals surface area contributed by atoms with E-state index in [1.165, 1.54) is 25.9 Å². The van der Waals surface area contributed by atoms with Gasteiger partial charge in [-0.1, -0.05) is 19.1 Å². The third-order valence-corrected chi connectivity index (χ3v) is 3.54. The predicted octanol–water partition coefficient (Wildman–Crippen LogP) is 3.00. The molecule has 2 rings (SSSR count). The Balaban J connectivity index is 1.80. The van der Waals surface area contributed by atoms with Crippen molar-refractivity contribution in [1.29, 1.82) is 0 Å². The molecule has 1 heterocycles. The van der Waals surface area contributed by atoms with Gasteiger partial charge in [-0.3, -0.25) is 4.79 Å². The van der Waals surface area contributed by atoms with Gasteiger partial charge in [0.15, 0.2) is 5.78 Å². The van der Waals surface area contributed by atoms with Crippen LogP contribution in [0.3, 0.4) is 0 Å². The lowest BCUT2D eigenvalue weighted by Crippen LogP contribution is -2.28. The average Bonchev–Trinajstić information content (AvgIpc) is 2.89. The summed E-state index contributed by atoms with van der Waals surface area (Å²) in [5.74, 6) is 1.38. The van der Waals surface area contributed by atoms with Crippen molar-refractivity contribution in [3.8, 4) is 5.75 Å². The van der Waals surface area contributed by atoms with Gasteiger partial charge in [0.05, 0.1) is 6.61 Å². The van der Waals surface area contributed by atoms with E-state index in [4.69, 9.17) is 4.74 Å². The maximum absolute atomic E-state index is 11.3. The van der Waals surface area contributed by atoms with Crippen LogP contribution in [0.2, 0.25) is 0 Å². The topological polar surface area (TPSA) is 29.5 Å². The van der Waals surface area contributed by atoms with Gasteiger partial charge < -0.3 is 9.64 Å². The highest BCUT2D eigenvalue weighted by Gasteiger charge is 2.15. The zero-order valence-electron chi connectivity index (χ0n) is 11.9. The quantitative estimate of drug-likeness (QED) is 0.737. The Bertz CT molecular complexity index is 425. The maximum Gasteiger partial charge on any atom is 0.159 e. The minimum Gasteiger partial charge on any atom is -0.493 e. The Kier molecular flexibility index (Phi) is 4.97. The van der Waals surface area contributed by atoms with Crippen molar-refractivity contribution in [3.05, 3.63) is 29.8 Å². The second-order valence-electron chi connectivity index (χ2n) is 5.51. The summed E-state index contributed by atoms with van der Waals surface area (Å²) in [5, 5.41) is 0. The van der Waals surface area contributed by atoms with Crippen molar-refractivity contribution in [2.45, 2.75) is 26.7 Å².